The van der Waals surface area contributed by atoms with E-state index in [0.717, 1.165) is 7.11 Å². The van der Waals surface area contributed by atoms with E-state index in [-0.39, 0.29) is 24.3 Å². The molecule has 0 bridgehead atoms. The number of hydrogen-bond acceptors (Lipinski definition) is 5. The van der Waals surface area contributed by atoms with Gasteiger partial charge in [0.15, 0.2) is 11.5 Å². The van der Waals surface area contributed by atoms with E-state index < -0.39 is 23.6 Å². The lowest BCUT2D eigenvalue weighted by Gasteiger charge is -2.15. The quantitative estimate of drug-likeness (QED) is 0.782. The molecule has 114 valence electrons. The van der Waals surface area contributed by atoms with Gasteiger partial charge < -0.3 is 14.2 Å². The summed E-state index contributed by atoms with van der Waals surface area (Å²) in [6, 6.07) is 4.10. The second-order valence-corrected chi connectivity index (χ2v) is 3.77. The zero-order valence-corrected chi connectivity index (χ0v) is 11.3. The molecule has 0 unspecified atom stereocenters. The summed E-state index contributed by atoms with van der Waals surface area (Å²) >= 11 is 0. The van der Waals surface area contributed by atoms with Crippen molar-refractivity contribution in [2.24, 2.45) is 0 Å². The average molecular weight is 303 g/mol. The molecule has 8 heteroatoms. The number of nitrogens with zero attached hydrogens (tertiary/aromatic N) is 1. The highest BCUT2D eigenvalue weighted by Crippen LogP contribution is 2.37. The molecule has 0 N–H and O–H groups in total. The predicted octanol–water partition coefficient (Wildman–Crippen LogP) is 2.57. The molecular weight excluding hydrogens is 291 g/mol. The van der Waals surface area contributed by atoms with Crippen molar-refractivity contribution in [1.29, 1.82) is 5.26 Å². The molecule has 0 spiro atoms. The maximum atomic E-state index is 12.4. The Morgan fingerprint density at radius 3 is 2.52 bits per heavy atom. The standard InChI is InChI=1S/C13H12F3NO4/c1-3-20-11(18)6-8-4-5-10(19-2)12(9(8)7-17)21-13(14,15)16/h4-5H,3,6H2,1-2H3. The van der Waals surface area contributed by atoms with Crippen LogP contribution >= 0.6 is 0 Å². The first-order valence-corrected chi connectivity index (χ1v) is 5.83. The van der Waals surface area contributed by atoms with Crippen molar-refractivity contribution in [1.82, 2.24) is 0 Å². The van der Waals surface area contributed by atoms with Crippen LogP contribution in [0.4, 0.5) is 13.2 Å². The van der Waals surface area contributed by atoms with Gasteiger partial charge in [-0.25, -0.2) is 0 Å². The van der Waals surface area contributed by atoms with Crippen LogP contribution in [0.25, 0.3) is 0 Å². The van der Waals surface area contributed by atoms with Crippen LogP contribution in [0.15, 0.2) is 12.1 Å². The van der Waals surface area contributed by atoms with Crippen LogP contribution in [0, 0.1) is 11.3 Å². The van der Waals surface area contributed by atoms with E-state index >= 15 is 0 Å². The summed E-state index contributed by atoms with van der Waals surface area (Å²) in [5.41, 5.74) is -0.351. The van der Waals surface area contributed by atoms with Crippen LogP contribution in [0.1, 0.15) is 18.1 Å². The topological polar surface area (TPSA) is 68.6 Å². The third kappa shape index (κ3) is 4.56. The van der Waals surface area contributed by atoms with Gasteiger partial charge in [-0.15, -0.1) is 13.2 Å². The lowest BCUT2D eigenvalue weighted by Crippen LogP contribution is -2.19. The van der Waals surface area contributed by atoms with Crippen molar-refractivity contribution < 1.29 is 32.2 Å². The Morgan fingerprint density at radius 1 is 1.38 bits per heavy atom. The predicted molar refractivity (Wildman–Crippen MR) is 64.7 cm³/mol. The lowest BCUT2D eigenvalue weighted by atomic mass is 10.0. The number of hydrogen-bond donors (Lipinski definition) is 0. The molecule has 1 aromatic rings. The van der Waals surface area contributed by atoms with Gasteiger partial charge in [-0.1, -0.05) is 6.07 Å². The molecule has 0 radical (unpaired) electrons. The maximum absolute atomic E-state index is 12.4. The van der Waals surface area contributed by atoms with Gasteiger partial charge >= 0.3 is 12.3 Å². The van der Waals surface area contributed by atoms with Crippen LogP contribution in [0.2, 0.25) is 0 Å². The Morgan fingerprint density at radius 2 is 2.05 bits per heavy atom. The van der Waals surface area contributed by atoms with E-state index in [2.05, 4.69) is 4.74 Å². The van der Waals surface area contributed by atoms with E-state index in [4.69, 9.17) is 14.7 Å². The van der Waals surface area contributed by atoms with Crippen molar-refractivity contribution >= 4 is 5.97 Å². The Bertz CT molecular complexity index is 564. The molecule has 0 saturated heterocycles. The van der Waals surface area contributed by atoms with Crippen molar-refractivity contribution in [3.63, 3.8) is 0 Å². The molecule has 1 rings (SSSR count). The van der Waals surface area contributed by atoms with Crippen LogP contribution < -0.4 is 9.47 Å². The third-order valence-electron chi connectivity index (χ3n) is 2.40. The van der Waals surface area contributed by atoms with E-state index in [1.807, 2.05) is 0 Å². The monoisotopic (exact) mass is 303 g/mol. The summed E-state index contributed by atoms with van der Waals surface area (Å²) in [6.07, 6.45) is -5.32. The molecule has 0 saturated carbocycles. The van der Waals surface area contributed by atoms with Gasteiger partial charge in [0.05, 0.1) is 20.1 Å². The molecule has 0 aliphatic heterocycles. The minimum atomic E-state index is -4.98. The summed E-state index contributed by atoms with van der Waals surface area (Å²) < 4.78 is 50.5. The minimum Gasteiger partial charge on any atom is -0.493 e. The van der Waals surface area contributed by atoms with E-state index in [9.17, 15) is 18.0 Å². The molecule has 0 heterocycles. The molecular formula is C13H12F3NO4. The normalized spacial score (nSPS) is 10.7. The lowest BCUT2D eigenvalue weighted by molar-refractivity contribution is -0.275. The van der Waals surface area contributed by atoms with Gasteiger partial charge in [-0.2, -0.15) is 5.26 Å². The van der Waals surface area contributed by atoms with E-state index in [1.54, 1.807) is 13.0 Å². The van der Waals surface area contributed by atoms with Crippen LogP contribution in [-0.4, -0.2) is 26.0 Å². The molecule has 0 aliphatic rings. The summed E-state index contributed by atoms with van der Waals surface area (Å²) in [7, 11) is 1.14. The Hall–Kier alpha value is -2.43. The van der Waals surface area contributed by atoms with Gasteiger partial charge in [0.1, 0.15) is 11.6 Å². The number of rotatable bonds is 5. The number of halogens is 3. The summed E-state index contributed by atoms with van der Waals surface area (Å²) in [5, 5.41) is 9.05. The Labute approximate surface area is 118 Å². The largest absolute Gasteiger partial charge is 0.573 e. The molecule has 0 aliphatic carbocycles. The minimum absolute atomic E-state index is 0.0657. The molecule has 0 fully saturated rings. The fraction of sp³-hybridized carbons (Fsp3) is 0.385. The van der Waals surface area contributed by atoms with Crippen LogP contribution in [0.5, 0.6) is 11.5 Å². The zero-order chi connectivity index (χ0) is 16.0. The summed E-state index contributed by atoms with van der Waals surface area (Å²) in [4.78, 5) is 11.4. The van der Waals surface area contributed by atoms with Gasteiger partial charge in [0.2, 0.25) is 0 Å². The third-order valence-corrected chi connectivity index (χ3v) is 2.40. The Kier molecular flexibility index (Phi) is 5.41. The maximum Gasteiger partial charge on any atom is 0.573 e. The number of alkyl halides is 3. The number of esters is 1. The second-order valence-electron chi connectivity index (χ2n) is 3.77. The van der Waals surface area contributed by atoms with Crippen molar-refractivity contribution in [2.75, 3.05) is 13.7 Å². The first-order valence-electron chi connectivity index (χ1n) is 5.83. The van der Waals surface area contributed by atoms with Crippen LogP contribution in [0.3, 0.4) is 0 Å². The number of ether oxygens (including phenoxy) is 3. The fourth-order valence-corrected chi connectivity index (χ4v) is 1.62. The molecule has 0 atom stereocenters. The number of nitriles is 1. The molecule has 21 heavy (non-hydrogen) atoms. The van der Waals surface area contributed by atoms with E-state index in [1.165, 1.54) is 12.1 Å². The molecule has 0 aromatic heterocycles. The molecule has 1 aromatic carbocycles. The van der Waals surface area contributed by atoms with Gasteiger partial charge in [-0.3, -0.25) is 4.79 Å². The second kappa shape index (κ2) is 6.83. The van der Waals surface area contributed by atoms with E-state index in [0.29, 0.717) is 0 Å². The van der Waals surface area contributed by atoms with Crippen molar-refractivity contribution in [3.8, 4) is 17.6 Å². The van der Waals surface area contributed by atoms with Gasteiger partial charge in [0, 0.05) is 0 Å². The highest BCUT2D eigenvalue weighted by Gasteiger charge is 2.34. The van der Waals surface area contributed by atoms with Gasteiger partial charge in [0.25, 0.3) is 0 Å². The number of methoxy groups -OCH3 is 1. The summed E-state index contributed by atoms with van der Waals surface area (Å²) in [6.45, 7) is 1.72. The van der Waals surface area contributed by atoms with Crippen molar-refractivity contribution in [3.05, 3.63) is 23.3 Å². The number of carbonyl (C=O) groups is 1. The molecule has 0 amide bonds. The SMILES string of the molecule is CCOC(=O)Cc1ccc(OC)c(OC(F)(F)F)c1C#N. The Balaban J connectivity index is 3.26. The van der Waals surface area contributed by atoms with Crippen molar-refractivity contribution in [2.45, 2.75) is 19.7 Å². The average Bonchev–Trinajstić information content (AvgIpc) is 2.37. The van der Waals surface area contributed by atoms with Gasteiger partial charge in [-0.05, 0) is 18.6 Å². The zero-order valence-electron chi connectivity index (χ0n) is 11.3. The number of benzene rings is 1. The highest BCUT2D eigenvalue weighted by atomic mass is 19.4. The summed E-state index contributed by atoms with van der Waals surface area (Å²) in [5.74, 6) is -1.68. The first-order chi connectivity index (χ1) is 9.82. The fourth-order valence-electron chi connectivity index (χ4n) is 1.62. The van der Waals surface area contributed by atoms with Crippen LogP contribution in [-0.2, 0) is 16.0 Å². The highest BCUT2D eigenvalue weighted by molar-refractivity contribution is 5.74. The molecule has 5 nitrogen and oxygen atoms in total. The first kappa shape index (κ1) is 16.6. The number of carbonyl (C=O) groups excluding carboxylic acids is 1. The smallest absolute Gasteiger partial charge is 0.493 e.